The van der Waals surface area contributed by atoms with Gasteiger partial charge < -0.3 is 9.88 Å². The van der Waals surface area contributed by atoms with Crippen molar-refractivity contribution in [3.8, 4) is 0 Å². The lowest BCUT2D eigenvalue weighted by Crippen LogP contribution is -2.22. The molecule has 0 fully saturated rings. The van der Waals surface area contributed by atoms with Crippen LogP contribution in [0.15, 0.2) is 71.7 Å². The topological polar surface area (TPSA) is 51.1 Å². The van der Waals surface area contributed by atoms with Crippen molar-refractivity contribution in [3.05, 3.63) is 99.2 Å². The molecular formula is C19H14ClFN2O2. The fourth-order valence-electron chi connectivity index (χ4n) is 2.39. The van der Waals surface area contributed by atoms with Crippen LogP contribution in [-0.4, -0.2) is 10.5 Å². The van der Waals surface area contributed by atoms with Crippen molar-refractivity contribution in [2.75, 3.05) is 5.32 Å². The summed E-state index contributed by atoms with van der Waals surface area (Å²) < 4.78 is 14.6. The minimum atomic E-state index is -0.441. The zero-order chi connectivity index (χ0) is 17.8. The fraction of sp³-hybridized carbons (Fsp3) is 0.0526. The second-order valence-corrected chi connectivity index (χ2v) is 5.91. The highest BCUT2D eigenvalue weighted by atomic mass is 35.5. The maximum absolute atomic E-state index is 13.2. The van der Waals surface area contributed by atoms with Gasteiger partial charge in [-0.1, -0.05) is 29.8 Å². The minimum Gasteiger partial charge on any atom is -0.322 e. The van der Waals surface area contributed by atoms with Crippen molar-refractivity contribution < 1.29 is 9.18 Å². The van der Waals surface area contributed by atoms with Crippen LogP contribution < -0.4 is 10.9 Å². The summed E-state index contributed by atoms with van der Waals surface area (Å²) in [7, 11) is 0. The van der Waals surface area contributed by atoms with E-state index in [4.69, 9.17) is 11.6 Å². The summed E-state index contributed by atoms with van der Waals surface area (Å²) in [4.78, 5) is 24.4. The van der Waals surface area contributed by atoms with E-state index in [1.54, 1.807) is 24.3 Å². The van der Waals surface area contributed by atoms with Crippen molar-refractivity contribution in [2.45, 2.75) is 6.54 Å². The highest BCUT2D eigenvalue weighted by Gasteiger charge is 2.09. The van der Waals surface area contributed by atoms with Crippen molar-refractivity contribution in [3.63, 3.8) is 0 Å². The van der Waals surface area contributed by atoms with Crippen LogP contribution in [0.4, 0.5) is 10.1 Å². The smallest absolute Gasteiger partial charge is 0.257 e. The van der Waals surface area contributed by atoms with Gasteiger partial charge in [-0.05, 0) is 42.0 Å². The molecule has 0 bridgehead atoms. The number of rotatable bonds is 4. The van der Waals surface area contributed by atoms with Crippen LogP contribution in [0.3, 0.4) is 0 Å². The van der Waals surface area contributed by atoms with E-state index in [1.165, 1.54) is 41.1 Å². The standard InChI is InChI=1S/C19H14ClFN2O2/c20-15-4-1-3-13(9-15)11-23-12-14(7-8-18(23)24)19(25)22-17-6-2-5-16(21)10-17/h1-10,12H,11H2,(H,22,25). The van der Waals surface area contributed by atoms with Crippen LogP contribution in [0, 0.1) is 5.82 Å². The number of pyridine rings is 1. The number of nitrogens with one attached hydrogen (secondary N) is 1. The molecule has 0 radical (unpaired) electrons. The average molecular weight is 357 g/mol. The molecule has 1 N–H and O–H groups in total. The summed E-state index contributed by atoms with van der Waals surface area (Å²) in [5.41, 5.74) is 1.25. The quantitative estimate of drug-likeness (QED) is 0.769. The largest absolute Gasteiger partial charge is 0.322 e. The molecular weight excluding hydrogens is 343 g/mol. The number of benzene rings is 2. The Kier molecular flexibility index (Phi) is 4.95. The third-order valence-corrected chi connectivity index (χ3v) is 3.81. The third-order valence-electron chi connectivity index (χ3n) is 3.57. The molecule has 0 unspecified atom stereocenters. The monoisotopic (exact) mass is 356 g/mol. The first kappa shape index (κ1) is 16.9. The Morgan fingerprint density at radius 2 is 1.88 bits per heavy atom. The number of aromatic nitrogens is 1. The highest BCUT2D eigenvalue weighted by Crippen LogP contribution is 2.13. The number of halogens is 2. The van der Waals surface area contributed by atoms with Gasteiger partial charge in [0.15, 0.2) is 0 Å². The van der Waals surface area contributed by atoms with E-state index in [9.17, 15) is 14.0 Å². The van der Waals surface area contributed by atoms with Gasteiger partial charge in [0.25, 0.3) is 11.5 Å². The van der Waals surface area contributed by atoms with E-state index >= 15 is 0 Å². The van der Waals surface area contributed by atoms with Gasteiger partial charge in [-0.25, -0.2) is 4.39 Å². The lowest BCUT2D eigenvalue weighted by molar-refractivity contribution is 0.102. The predicted octanol–water partition coefficient (Wildman–Crippen LogP) is 3.94. The molecule has 1 amide bonds. The van der Waals surface area contributed by atoms with Gasteiger partial charge in [0.2, 0.25) is 0 Å². The summed E-state index contributed by atoms with van der Waals surface area (Å²) in [6.45, 7) is 0.292. The van der Waals surface area contributed by atoms with Crippen molar-refractivity contribution in [1.29, 1.82) is 0 Å². The van der Waals surface area contributed by atoms with Crippen molar-refractivity contribution in [2.24, 2.45) is 0 Å². The van der Waals surface area contributed by atoms with E-state index < -0.39 is 11.7 Å². The Labute approximate surface area is 148 Å². The van der Waals surface area contributed by atoms with E-state index in [-0.39, 0.29) is 5.56 Å². The Morgan fingerprint density at radius 3 is 2.64 bits per heavy atom. The predicted molar refractivity (Wildman–Crippen MR) is 95.6 cm³/mol. The molecule has 0 aliphatic heterocycles. The van der Waals surface area contributed by atoms with Gasteiger partial charge in [-0.15, -0.1) is 0 Å². The molecule has 3 rings (SSSR count). The first-order valence-corrected chi connectivity index (χ1v) is 7.91. The summed E-state index contributed by atoms with van der Waals surface area (Å²) in [5.74, 6) is -0.867. The first-order valence-electron chi connectivity index (χ1n) is 7.53. The third kappa shape index (κ3) is 4.33. The Bertz CT molecular complexity index is 985. The number of anilines is 1. The molecule has 0 atom stereocenters. The normalized spacial score (nSPS) is 10.5. The molecule has 4 nitrogen and oxygen atoms in total. The summed E-state index contributed by atoms with van der Waals surface area (Å²) in [5, 5.41) is 3.18. The van der Waals surface area contributed by atoms with Crippen LogP contribution >= 0.6 is 11.6 Å². The highest BCUT2D eigenvalue weighted by molar-refractivity contribution is 6.30. The number of amides is 1. The molecule has 0 aliphatic rings. The Hall–Kier alpha value is -2.92. The summed E-state index contributed by atoms with van der Waals surface area (Å²) in [6, 6.07) is 15.5. The fourth-order valence-corrected chi connectivity index (χ4v) is 2.60. The lowest BCUT2D eigenvalue weighted by atomic mass is 10.2. The van der Waals surface area contributed by atoms with Gasteiger partial charge >= 0.3 is 0 Å². The van der Waals surface area contributed by atoms with Crippen LogP contribution in [0.25, 0.3) is 0 Å². The summed E-state index contributed by atoms with van der Waals surface area (Å²) in [6.07, 6.45) is 1.47. The van der Waals surface area contributed by atoms with Gasteiger partial charge in [0.1, 0.15) is 5.82 Å². The van der Waals surface area contributed by atoms with E-state index in [0.717, 1.165) is 5.56 Å². The van der Waals surface area contributed by atoms with E-state index in [0.29, 0.717) is 22.8 Å². The average Bonchev–Trinajstić information content (AvgIpc) is 2.57. The minimum absolute atomic E-state index is 0.234. The maximum Gasteiger partial charge on any atom is 0.257 e. The molecule has 126 valence electrons. The summed E-state index contributed by atoms with van der Waals surface area (Å²) >= 11 is 5.95. The second kappa shape index (κ2) is 7.32. The number of hydrogen-bond acceptors (Lipinski definition) is 2. The first-order chi connectivity index (χ1) is 12.0. The number of carbonyl (C=O) groups excluding carboxylic acids is 1. The number of carbonyl (C=O) groups is 1. The van der Waals surface area contributed by atoms with E-state index in [2.05, 4.69) is 5.32 Å². The number of nitrogens with zero attached hydrogens (tertiary/aromatic N) is 1. The molecule has 25 heavy (non-hydrogen) atoms. The Morgan fingerprint density at radius 1 is 1.08 bits per heavy atom. The van der Waals surface area contributed by atoms with E-state index in [1.807, 2.05) is 6.07 Å². The molecule has 1 aromatic heterocycles. The van der Waals surface area contributed by atoms with Gasteiger partial charge in [0, 0.05) is 23.0 Å². The molecule has 2 aromatic carbocycles. The molecule has 0 spiro atoms. The Balaban J connectivity index is 1.83. The molecule has 6 heteroatoms. The zero-order valence-corrected chi connectivity index (χ0v) is 13.8. The molecule has 1 heterocycles. The van der Waals surface area contributed by atoms with Crippen LogP contribution in [0.1, 0.15) is 15.9 Å². The second-order valence-electron chi connectivity index (χ2n) is 5.48. The van der Waals surface area contributed by atoms with Gasteiger partial charge in [-0.3, -0.25) is 9.59 Å². The van der Waals surface area contributed by atoms with Crippen LogP contribution in [0.5, 0.6) is 0 Å². The van der Waals surface area contributed by atoms with Crippen LogP contribution in [-0.2, 0) is 6.54 Å². The SMILES string of the molecule is O=C(Nc1cccc(F)c1)c1ccc(=O)n(Cc2cccc(Cl)c2)c1. The number of hydrogen-bond donors (Lipinski definition) is 1. The van der Waals surface area contributed by atoms with Gasteiger partial charge in [0.05, 0.1) is 12.1 Å². The maximum atomic E-state index is 13.2. The molecule has 3 aromatic rings. The molecule has 0 aliphatic carbocycles. The zero-order valence-electron chi connectivity index (χ0n) is 13.1. The van der Waals surface area contributed by atoms with Crippen molar-refractivity contribution >= 4 is 23.2 Å². The molecule has 0 saturated carbocycles. The van der Waals surface area contributed by atoms with Crippen LogP contribution in [0.2, 0.25) is 5.02 Å². The lowest BCUT2D eigenvalue weighted by Gasteiger charge is -2.09. The van der Waals surface area contributed by atoms with Gasteiger partial charge in [-0.2, -0.15) is 0 Å². The molecule has 0 saturated heterocycles. The van der Waals surface area contributed by atoms with Crippen molar-refractivity contribution in [1.82, 2.24) is 4.57 Å².